The van der Waals surface area contributed by atoms with Crippen LogP contribution in [0.1, 0.15) is 112 Å². The molecular formula is C30H47F3O2. The molecule has 4 rings (SSSR count). The van der Waals surface area contributed by atoms with Crippen molar-refractivity contribution in [1.29, 1.82) is 0 Å². The van der Waals surface area contributed by atoms with E-state index in [0.29, 0.717) is 24.2 Å². The average Bonchev–Trinajstić information content (AvgIpc) is 3.09. The van der Waals surface area contributed by atoms with E-state index in [1.807, 2.05) is 0 Å². The number of hydrogen-bond donors (Lipinski definition) is 0. The number of carbonyl (C=O) groups is 1. The van der Waals surface area contributed by atoms with E-state index in [1.54, 1.807) is 0 Å². The standard InChI is InChI=1S/C30H47F3O2/c1-19(2)7-6-8-20(3)24-11-12-25-23-10-9-21-17-22(35-27(34)18-30(31,32)33)13-15-28(21,4)26(23)14-16-29(24,25)5/h9,19-20,22-26H,6-8,10-18H2,1-5H3/t20-,22-,23-,24+,25-,26-,28-,29+/m0/s1. The Balaban J connectivity index is 1.42. The van der Waals surface area contributed by atoms with Gasteiger partial charge in [-0.1, -0.05) is 65.5 Å². The van der Waals surface area contributed by atoms with Gasteiger partial charge in [0.05, 0.1) is 0 Å². The molecule has 0 radical (unpaired) electrons. The summed E-state index contributed by atoms with van der Waals surface area (Å²) in [5.41, 5.74) is 1.90. The molecule has 0 aromatic rings. The first-order valence-electron chi connectivity index (χ1n) is 14.3. The number of hydrogen-bond acceptors (Lipinski definition) is 2. The van der Waals surface area contributed by atoms with Crippen LogP contribution >= 0.6 is 0 Å². The van der Waals surface area contributed by atoms with E-state index in [4.69, 9.17) is 4.74 Å². The first kappa shape index (κ1) is 27.0. The molecule has 0 amide bonds. The van der Waals surface area contributed by atoms with E-state index < -0.39 is 24.7 Å². The Labute approximate surface area is 210 Å². The molecule has 4 aliphatic carbocycles. The molecule has 0 spiro atoms. The van der Waals surface area contributed by atoms with Crippen molar-refractivity contribution in [3.05, 3.63) is 11.6 Å². The summed E-state index contributed by atoms with van der Waals surface area (Å²) in [7, 11) is 0. The van der Waals surface area contributed by atoms with Gasteiger partial charge in [-0.3, -0.25) is 4.79 Å². The van der Waals surface area contributed by atoms with Crippen LogP contribution in [0, 0.1) is 46.3 Å². The summed E-state index contributed by atoms with van der Waals surface area (Å²) < 4.78 is 43.0. The number of ether oxygens (including phenoxy) is 1. The number of halogens is 3. The number of alkyl halides is 3. The molecule has 0 N–H and O–H groups in total. The summed E-state index contributed by atoms with van der Waals surface area (Å²) >= 11 is 0. The van der Waals surface area contributed by atoms with Crippen LogP contribution in [0.5, 0.6) is 0 Å². The van der Waals surface area contributed by atoms with Crippen molar-refractivity contribution in [1.82, 2.24) is 0 Å². The Morgan fingerprint density at radius 1 is 1.06 bits per heavy atom. The molecule has 3 saturated carbocycles. The molecule has 4 aliphatic rings. The van der Waals surface area contributed by atoms with Crippen LogP contribution in [0.25, 0.3) is 0 Å². The zero-order chi connectivity index (χ0) is 25.6. The molecule has 5 heteroatoms. The lowest BCUT2D eigenvalue weighted by Gasteiger charge is -2.58. The fraction of sp³-hybridized carbons (Fsp3) is 0.900. The van der Waals surface area contributed by atoms with Crippen molar-refractivity contribution in [3.8, 4) is 0 Å². The minimum absolute atomic E-state index is 0.109. The van der Waals surface area contributed by atoms with Crippen molar-refractivity contribution in [2.75, 3.05) is 0 Å². The third kappa shape index (κ3) is 5.49. The van der Waals surface area contributed by atoms with E-state index in [-0.39, 0.29) is 5.41 Å². The van der Waals surface area contributed by atoms with Gasteiger partial charge in [0.2, 0.25) is 0 Å². The predicted octanol–water partition coefficient (Wildman–Crippen LogP) is 8.89. The lowest BCUT2D eigenvalue weighted by atomic mass is 9.47. The topological polar surface area (TPSA) is 26.3 Å². The van der Waals surface area contributed by atoms with Crippen molar-refractivity contribution >= 4 is 5.97 Å². The first-order valence-corrected chi connectivity index (χ1v) is 14.3. The number of rotatable bonds is 7. The van der Waals surface area contributed by atoms with Gasteiger partial charge in [0, 0.05) is 6.42 Å². The summed E-state index contributed by atoms with van der Waals surface area (Å²) in [5.74, 6) is 3.46. The quantitative estimate of drug-likeness (QED) is 0.260. The van der Waals surface area contributed by atoms with E-state index in [2.05, 4.69) is 40.7 Å². The van der Waals surface area contributed by atoms with Crippen molar-refractivity contribution in [2.45, 2.75) is 124 Å². The van der Waals surface area contributed by atoms with Gasteiger partial charge in [-0.2, -0.15) is 13.2 Å². The Bertz CT molecular complexity index is 802. The summed E-state index contributed by atoms with van der Waals surface area (Å²) in [6.07, 6.45) is 8.65. The van der Waals surface area contributed by atoms with Crippen LogP contribution < -0.4 is 0 Å². The molecule has 8 atom stereocenters. The molecule has 0 aliphatic heterocycles. The number of fused-ring (bicyclic) bond motifs is 5. The molecule has 35 heavy (non-hydrogen) atoms. The first-order chi connectivity index (χ1) is 16.3. The van der Waals surface area contributed by atoms with Crippen LogP contribution in [-0.2, 0) is 9.53 Å². The zero-order valence-electron chi connectivity index (χ0n) is 22.6. The third-order valence-corrected chi connectivity index (χ3v) is 10.9. The van der Waals surface area contributed by atoms with Crippen LogP contribution in [0.2, 0.25) is 0 Å². The summed E-state index contributed by atoms with van der Waals surface area (Å²) in [5, 5.41) is 0. The second-order valence-electron chi connectivity index (χ2n) is 13.4. The highest BCUT2D eigenvalue weighted by Gasteiger charge is 2.59. The SMILES string of the molecule is CC(C)CCC[C@H](C)[C@H]1CC[C@H]2[C@@H]3CC=C4C[C@@H](OC(=O)CC(F)(F)F)CC[C@]4(C)[C@H]3CC[C@]12C. The van der Waals surface area contributed by atoms with Crippen molar-refractivity contribution in [3.63, 3.8) is 0 Å². The van der Waals surface area contributed by atoms with Gasteiger partial charge in [-0.15, -0.1) is 0 Å². The molecule has 0 saturated heterocycles. The fourth-order valence-corrected chi connectivity index (χ4v) is 9.14. The second kappa shape index (κ2) is 10.0. The van der Waals surface area contributed by atoms with E-state index >= 15 is 0 Å². The molecule has 0 unspecified atom stereocenters. The predicted molar refractivity (Wildman–Crippen MR) is 134 cm³/mol. The fourth-order valence-electron chi connectivity index (χ4n) is 9.14. The molecular weight excluding hydrogens is 449 g/mol. The van der Waals surface area contributed by atoms with Crippen LogP contribution in [0.4, 0.5) is 13.2 Å². The highest BCUT2D eigenvalue weighted by atomic mass is 19.4. The van der Waals surface area contributed by atoms with Crippen LogP contribution in [0.3, 0.4) is 0 Å². The second-order valence-corrected chi connectivity index (χ2v) is 13.4. The number of carbonyl (C=O) groups excluding carboxylic acids is 1. The summed E-state index contributed by atoms with van der Waals surface area (Å²) in [4.78, 5) is 11.8. The Hall–Kier alpha value is -1.00. The number of allylic oxidation sites excluding steroid dienone is 1. The van der Waals surface area contributed by atoms with Crippen LogP contribution in [0.15, 0.2) is 11.6 Å². The van der Waals surface area contributed by atoms with Gasteiger partial charge in [-0.25, -0.2) is 0 Å². The highest BCUT2D eigenvalue weighted by molar-refractivity contribution is 5.70. The maximum Gasteiger partial charge on any atom is 0.399 e. The normalized spacial score (nSPS) is 39.9. The Morgan fingerprint density at radius 3 is 2.49 bits per heavy atom. The lowest BCUT2D eigenvalue weighted by Crippen LogP contribution is -2.51. The molecule has 200 valence electrons. The van der Waals surface area contributed by atoms with Gasteiger partial charge >= 0.3 is 12.1 Å². The largest absolute Gasteiger partial charge is 0.462 e. The van der Waals surface area contributed by atoms with Crippen molar-refractivity contribution < 1.29 is 22.7 Å². The minimum Gasteiger partial charge on any atom is -0.462 e. The lowest BCUT2D eigenvalue weighted by molar-refractivity contribution is -0.177. The molecule has 0 aromatic heterocycles. The molecule has 0 heterocycles. The van der Waals surface area contributed by atoms with Gasteiger partial charge in [-0.05, 0) is 91.3 Å². The number of esters is 1. The maximum atomic E-state index is 12.6. The molecule has 0 aromatic carbocycles. The highest BCUT2D eigenvalue weighted by Crippen LogP contribution is 2.67. The third-order valence-electron chi connectivity index (χ3n) is 10.9. The average molecular weight is 497 g/mol. The zero-order valence-corrected chi connectivity index (χ0v) is 22.6. The van der Waals surface area contributed by atoms with Gasteiger partial charge in [0.1, 0.15) is 12.5 Å². The summed E-state index contributed by atoms with van der Waals surface area (Å²) in [6, 6.07) is 0. The van der Waals surface area contributed by atoms with E-state index in [0.717, 1.165) is 42.4 Å². The van der Waals surface area contributed by atoms with Crippen molar-refractivity contribution in [2.24, 2.45) is 46.3 Å². The Morgan fingerprint density at radius 2 is 1.80 bits per heavy atom. The molecule has 2 nitrogen and oxygen atoms in total. The molecule has 0 bridgehead atoms. The van der Waals surface area contributed by atoms with Crippen LogP contribution in [-0.4, -0.2) is 18.2 Å². The minimum atomic E-state index is -4.50. The Kier molecular flexibility index (Phi) is 7.76. The summed E-state index contributed by atoms with van der Waals surface area (Å²) in [6.45, 7) is 12.1. The maximum absolute atomic E-state index is 12.6. The smallest absolute Gasteiger partial charge is 0.399 e. The van der Waals surface area contributed by atoms with Gasteiger partial charge < -0.3 is 4.74 Å². The van der Waals surface area contributed by atoms with E-state index in [9.17, 15) is 18.0 Å². The van der Waals surface area contributed by atoms with Gasteiger partial charge in [0.15, 0.2) is 0 Å². The van der Waals surface area contributed by atoms with E-state index in [1.165, 1.54) is 50.5 Å². The molecule has 3 fully saturated rings. The monoisotopic (exact) mass is 496 g/mol. The van der Waals surface area contributed by atoms with Gasteiger partial charge in [0.25, 0.3) is 0 Å².